The van der Waals surface area contributed by atoms with Gasteiger partial charge in [0.1, 0.15) is 17.4 Å². The van der Waals surface area contributed by atoms with Crippen LogP contribution in [0.25, 0.3) is 0 Å². The molecule has 0 fully saturated rings. The lowest BCUT2D eigenvalue weighted by molar-refractivity contribution is 0.297. The molecule has 2 aromatic rings. The number of hydrogen-bond donors (Lipinski definition) is 1. The molecule has 1 heterocycles. The molecule has 0 aliphatic rings. The van der Waals surface area contributed by atoms with Gasteiger partial charge in [-0.1, -0.05) is 17.7 Å². The second-order valence-corrected chi connectivity index (χ2v) is 5.40. The fourth-order valence-corrected chi connectivity index (χ4v) is 2.71. The third kappa shape index (κ3) is 2.89. The standard InChI is InChI=1S/C14H18N2OS/c1-9-4-10(2)14(11(3)5-9)17-7-12-8-18-13(6-15)16-12/h4-5,8H,6-7,15H2,1-3H3. The number of aromatic nitrogens is 1. The van der Waals surface area contributed by atoms with Crippen molar-refractivity contribution in [3.63, 3.8) is 0 Å². The van der Waals surface area contributed by atoms with Crippen LogP contribution in [0.2, 0.25) is 0 Å². The van der Waals surface area contributed by atoms with Crippen LogP contribution in [0.4, 0.5) is 0 Å². The van der Waals surface area contributed by atoms with Crippen LogP contribution >= 0.6 is 11.3 Å². The molecule has 2 N–H and O–H groups in total. The summed E-state index contributed by atoms with van der Waals surface area (Å²) in [6.45, 7) is 7.23. The predicted octanol–water partition coefficient (Wildman–Crippen LogP) is 3.11. The molecule has 4 heteroatoms. The highest BCUT2D eigenvalue weighted by molar-refractivity contribution is 7.09. The zero-order valence-electron chi connectivity index (χ0n) is 11.0. The van der Waals surface area contributed by atoms with Crippen LogP contribution in [-0.2, 0) is 13.2 Å². The third-order valence-electron chi connectivity index (χ3n) is 2.74. The van der Waals surface area contributed by atoms with E-state index in [9.17, 15) is 0 Å². The number of hydrogen-bond acceptors (Lipinski definition) is 4. The quantitative estimate of drug-likeness (QED) is 0.921. The largest absolute Gasteiger partial charge is 0.487 e. The molecule has 0 saturated heterocycles. The normalized spacial score (nSPS) is 10.7. The van der Waals surface area contributed by atoms with Crippen LogP contribution in [0.3, 0.4) is 0 Å². The van der Waals surface area contributed by atoms with Crippen LogP contribution in [0.15, 0.2) is 17.5 Å². The monoisotopic (exact) mass is 262 g/mol. The Hall–Kier alpha value is -1.39. The number of rotatable bonds is 4. The fraction of sp³-hybridized carbons (Fsp3) is 0.357. The van der Waals surface area contributed by atoms with Crippen molar-refractivity contribution < 1.29 is 4.74 Å². The van der Waals surface area contributed by atoms with Crippen LogP contribution in [0, 0.1) is 20.8 Å². The Morgan fingerprint density at radius 1 is 1.22 bits per heavy atom. The summed E-state index contributed by atoms with van der Waals surface area (Å²) in [6.07, 6.45) is 0. The second kappa shape index (κ2) is 5.50. The maximum absolute atomic E-state index is 5.87. The molecule has 96 valence electrons. The van der Waals surface area contributed by atoms with E-state index in [2.05, 4.69) is 37.9 Å². The van der Waals surface area contributed by atoms with E-state index in [4.69, 9.17) is 10.5 Å². The molecule has 1 aromatic heterocycles. The van der Waals surface area contributed by atoms with E-state index in [1.54, 1.807) is 11.3 Å². The predicted molar refractivity (Wildman–Crippen MR) is 75.0 cm³/mol. The summed E-state index contributed by atoms with van der Waals surface area (Å²) < 4.78 is 5.87. The lowest BCUT2D eigenvalue weighted by atomic mass is 10.1. The van der Waals surface area contributed by atoms with Gasteiger partial charge in [0.2, 0.25) is 0 Å². The van der Waals surface area contributed by atoms with Crippen molar-refractivity contribution in [2.45, 2.75) is 33.9 Å². The number of nitrogens with zero attached hydrogens (tertiary/aromatic N) is 1. The van der Waals surface area contributed by atoms with Crippen molar-refractivity contribution in [3.05, 3.63) is 44.9 Å². The first-order valence-electron chi connectivity index (χ1n) is 5.94. The lowest BCUT2D eigenvalue weighted by Gasteiger charge is -2.12. The number of benzene rings is 1. The lowest BCUT2D eigenvalue weighted by Crippen LogP contribution is -2.01. The first-order valence-corrected chi connectivity index (χ1v) is 6.82. The molecule has 0 aliphatic heterocycles. The van der Waals surface area contributed by atoms with Crippen molar-refractivity contribution in [3.8, 4) is 5.75 Å². The van der Waals surface area contributed by atoms with E-state index in [0.717, 1.165) is 16.5 Å². The van der Waals surface area contributed by atoms with E-state index in [1.165, 1.54) is 16.7 Å². The molecule has 0 spiro atoms. The van der Waals surface area contributed by atoms with Gasteiger partial charge in [-0.3, -0.25) is 0 Å². The van der Waals surface area contributed by atoms with E-state index in [1.807, 2.05) is 5.38 Å². The number of ether oxygens (including phenoxy) is 1. The van der Waals surface area contributed by atoms with Gasteiger partial charge in [0.05, 0.1) is 5.69 Å². The van der Waals surface area contributed by atoms with Gasteiger partial charge in [-0.2, -0.15) is 0 Å². The minimum Gasteiger partial charge on any atom is -0.487 e. The Kier molecular flexibility index (Phi) is 3.99. The molecule has 18 heavy (non-hydrogen) atoms. The first kappa shape index (κ1) is 13.1. The Morgan fingerprint density at radius 2 is 1.89 bits per heavy atom. The van der Waals surface area contributed by atoms with Gasteiger partial charge in [-0.05, 0) is 31.9 Å². The maximum Gasteiger partial charge on any atom is 0.131 e. The van der Waals surface area contributed by atoms with Crippen molar-refractivity contribution in [2.75, 3.05) is 0 Å². The Morgan fingerprint density at radius 3 is 2.44 bits per heavy atom. The molecule has 0 unspecified atom stereocenters. The Labute approximate surface area is 112 Å². The summed E-state index contributed by atoms with van der Waals surface area (Å²) >= 11 is 1.58. The average Bonchev–Trinajstić information content (AvgIpc) is 2.75. The van der Waals surface area contributed by atoms with Gasteiger partial charge in [0.15, 0.2) is 0 Å². The highest BCUT2D eigenvalue weighted by Gasteiger charge is 2.07. The van der Waals surface area contributed by atoms with Crippen LogP contribution < -0.4 is 10.5 Å². The molecule has 0 aliphatic carbocycles. The average molecular weight is 262 g/mol. The minimum atomic E-state index is 0.493. The van der Waals surface area contributed by atoms with Crippen molar-refractivity contribution in [1.29, 1.82) is 0 Å². The molecule has 0 bridgehead atoms. The highest BCUT2D eigenvalue weighted by Crippen LogP contribution is 2.25. The van der Waals surface area contributed by atoms with Crippen molar-refractivity contribution in [2.24, 2.45) is 5.73 Å². The molecule has 3 nitrogen and oxygen atoms in total. The summed E-state index contributed by atoms with van der Waals surface area (Å²) in [5.41, 5.74) is 10.1. The Balaban J connectivity index is 2.10. The Bertz CT molecular complexity index is 525. The molecule has 0 saturated carbocycles. The van der Waals surface area contributed by atoms with Gasteiger partial charge in [-0.15, -0.1) is 11.3 Å². The third-order valence-corrected chi connectivity index (χ3v) is 3.66. The summed E-state index contributed by atoms with van der Waals surface area (Å²) in [7, 11) is 0. The van der Waals surface area contributed by atoms with E-state index in [-0.39, 0.29) is 0 Å². The van der Waals surface area contributed by atoms with Crippen LogP contribution in [0.1, 0.15) is 27.4 Å². The number of thiazole rings is 1. The molecular formula is C14H18N2OS. The highest BCUT2D eigenvalue weighted by atomic mass is 32.1. The van der Waals surface area contributed by atoms with Gasteiger partial charge in [0, 0.05) is 11.9 Å². The van der Waals surface area contributed by atoms with E-state index in [0.29, 0.717) is 13.2 Å². The fourth-order valence-electron chi connectivity index (χ4n) is 2.05. The molecular weight excluding hydrogens is 244 g/mol. The minimum absolute atomic E-state index is 0.493. The molecule has 1 aromatic carbocycles. The van der Waals surface area contributed by atoms with E-state index < -0.39 is 0 Å². The zero-order valence-corrected chi connectivity index (χ0v) is 11.8. The molecule has 0 radical (unpaired) electrons. The van der Waals surface area contributed by atoms with Gasteiger partial charge < -0.3 is 10.5 Å². The summed E-state index contributed by atoms with van der Waals surface area (Å²) in [6, 6.07) is 4.27. The van der Waals surface area contributed by atoms with Crippen molar-refractivity contribution >= 4 is 11.3 Å². The van der Waals surface area contributed by atoms with Gasteiger partial charge in [-0.25, -0.2) is 4.98 Å². The second-order valence-electron chi connectivity index (χ2n) is 4.45. The van der Waals surface area contributed by atoms with Gasteiger partial charge in [0.25, 0.3) is 0 Å². The maximum atomic E-state index is 5.87. The SMILES string of the molecule is Cc1cc(C)c(OCc2csc(CN)n2)c(C)c1. The smallest absolute Gasteiger partial charge is 0.131 e. The molecule has 0 amide bonds. The summed E-state index contributed by atoms with van der Waals surface area (Å²) in [5, 5.41) is 2.95. The van der Waals surface area contributed by atoms with Crippen LogP contribution in [-0.4, -0.2) is 4.98 Å². The number of aryl methyl sites for hydroxylation is 3. The zero-order chi connectivity index (χ0) is 13.1. The van der Waals surface area contributed by atoms with Gasteiger partial charge >= 0.3 is 0 Å². The first-order chi connectivity index (χ1) is 8.60. The van der Waals surface area contributed by atoms with Crippen LogP contribution in [0.5, 0.6) is 5.75 Å². The molecule has 2 rings (SSSR count). The molecule has 0 atom stereocenters. The van der Waals surface area contributed by atoms with E-state index >= 15 is 0 Å². The number of nitrogens with two attached hydrogens (primary N) is 1. The summed E-state index contributed by atoms with van der Waals surface area (Å²) in [4.78, 5) is 4.39. The summed E-state index contributed by atoms with van der Waals surface area (Å²) in [5.74, 6) is 0.961. The van der Waals surface area contributed by atoms with Crippen molar-refractivity contribution in [1.82, 2.24) is 4.98 Å². The topological polar surface area (TPSA) is 48.1 Å².